The van der Waals surface area contributed by atoms with Crippen LogP contribution >= 0.6 is 23.4 Å². The van der Waals surface area contributed by atoms with Gasteiger partial charge in [0.1, 0.15) is 0 Å². The Labute approximate surface area is 179 Å². The van der Waals surface area contributed by atoms with Crippen molar-refractivity contribution in [2.24, 2.45) is 4.99 Å². The van der Waals surface area contributed by atoms with E-state index in [1.807, 2.05) is 97.9 Å². The highest BCUT2D eigenvalue weighted by Crippen LogP contribution is 2.39. The Hall–Kier alpha value is -2.82. The average molecular weight is 419 g/mol. The van der Waals surface area contributed by atoms with Crippen molar-refractivity contribution in [3.05, 3.63) is 106 Å². The molecule has 3 nitrogen and oxygen atoms in total. The van der Waals surface area contributed by atoms with Gasteiger partial charge in [-0.1, -0.05) is 78.3 Å². The van der Waals surface area contributed by atoms with Crippen LogP contribution in [0.15, 0.2) is 94.8 Å². The fraction of sp³-hybridized carbons (Fsp3) is 0.0833. The lowest BCUT2D eigenvalue weighted by atomic mass is 10.1. The number of para-hydroxylation sites is 1. The highest BCUT2D eigenvalue weighted by molar-refractivity contribution is 8.18. The summed E-state index contributed by atoms with van der Waals surface area (Å²) in [6.07, 6.45) is 1.84. The summed E-state index contributed by atoms with van der Waals surface area (Å²) in [7, 11) is 0. The SMILES string of the molecule is C[C@H](c1ccccc1)N1C(=O)/C(=C\c2ccccc2Cl)SC1=Nc1ccccc1. The monoisotopic (exact) mass is 418 g/mol. The van der Waals surface area contributed by atoms with Crippen LogP contribution in [0.4, 0.5) is 5.69 Å². The average Bonchev–Trinajstić information content (AvgIpc) is 3.05. The molecule has 4 rings (SSSR count). The maximum absolute atomic E-state index is 13.3. The number of amides is 1. The number of hydrogen-bond acceptors (Lipinski definition) is 3. The number of hydrogen-bond donors (Lipinski definition) is 0. The number of amidine groups is 1. The van der Waals surface area contributed by atoms with E-state index < -0.39 is 0 Å². The number of thioether (sulfide) groups is 1. The van der Waals surface area contributed by atoms with Crippen molar-refractivity contribution < 1.29 is 4.79 Å². The number of rotatable bonds is 4. The predicted octanol–water partition coefficient (Wildman–Crippen LogP) is 6.71. The first-order valence-corrected chi connectivity index (χ1v) is 10.5. The van der Waals surface area contributed by atoms with Crippen LogP contribution in [0, 0.1) is 0 Å². The number of carbonyl (C=O) groups is 1. The molecule has 0 aliphatic carbocycles. The molecule has 0 radical (unpaired) electrons. The van der Waals surface area contributed by atoms with Crippen LogP contribution in [0.25, 0.3) is 6.08 Å². The standard InChI is InChI=1S/C24H19ClN2OS/c1-17(18-10-4-2-5-11-18)27-23(28)22(16-19-12-8-9-15-21(19)25)29-24(27)26-20-13-6-3-7-14-20/h2-17H,1H3/b22-16+,26-24?/t17-/m1/s1. The molecule has 5 heteroatoms. The molecule has 0 aromatic heterocycles. The topological polar surface area (TPSA) is 32.7 Å². The highest BCUT2D eigenvalue weighted by atomic mass is 35.5. The molecule has 0 saturated carbocycles. The molecule has 1 heterocycles. The second-order valence-electron chi connectivity index (χ2n) is 6.62. The molecule has 29 heavy (non-hydrogen) atoms. The number of benzene rings is 3. The van der Waals surface area contributed by atoms with Gasteiger partial charge < -0.3 is 0 Å². The maximum atomic E-state index is 13.3. The molecular formula is C24H19ClN2OS. The van der Waals surface area contributed by atoms with Crippen LogP contribution in [0.5, 0.6) is 0 Å². The van der Waals surface area contributed by atoms with Crippen molar-refractivity contribution in [3.8, 4) is 0 Å². The maximum Gasteiger partial charge on any atom is 0.267 e. The summed E-state index contributed by atoms with van der Waals surface area (Å²) in [5.74, 6) is -0.0686. The van der Waals surface area contributed by atoms with E-state index in [9.17, 15) is 4.79 Å². The molecule has 1 fully saturated rings. The third-order valence-electron chi connectivity index (χ3n) is 4.68. The Morgan fingerprint density at radius 2 is 1.55 bits per heavy atom. The van der Waals surface area contributed by atoms with Crippen LogP contribution in [-0.2, 0) is 4.79 Å². The van der Waals surface area contributed by atoms with Crippen LogP contribution in [-0.4, -0.2) is 16.0 Å². The van der Waals surface area contributed by atoms with E-state index >= 15 is 0 Å². The van der Waals surface area contributed by atoms with E-state index in [-0.39, 0.29) is 11.9 Å². The summed E-state index contributed by atoms with van der Waals surface area (Å²) in [6.45, 7) is 2.02. The molecule has 1 aliphatic heterocycles. The van der Waals surface area contributed by atoms with E-state index in [2.05, 4.69) is 0 Å². The van der Waals surface area contributed by atoms with Gasteiger partial charge in [0.25, 0.3) is 5.91 Å². The van der Waals surface area contributed by atoms with Gasteiger partial charge in [-0.05, 0) is 54.1 Å². The van der Waals surface area contributed by atoms with Gasteiger partial charge in [-0.25, -0.2) is 4.99 Å². The van der Waals surface area contributed by atoms with Gasteiger partial charge in [-0.3, -0.25) is 9.69 Å². The van der Waals surface area contributed by atoms with E-state index in [4.69, 9.17) is 16.6 Å². The van der Waals surface area contributed by atoms with Crippen molar-refractivity contribution in [2.45, 2.75) is 13.0 Å². The van der Waals surface area contributed by atoms with Gasteiger partial charge in [0.15, 0.2) is 5.17 Å². The molecule has 0 unspecified atom stereocenters. The Morgan fingerprint density at radius 1 is 0.931 bits per heavy atom. The molecule has 144 valence electrons. The smallest absolute Gasteiger partial charge is 0.267 e. The number of halogens is 1. The second kappa shape index (κ2) is 8.68. The van der Waals surface area contributed by atoms with Crippen LogP contribution in [0.2, 0.25) is 5.02 Å². The highest BCUT2D eigenvalue weighted by Gasteiger charge is 2.37. The normalized spacial score (nSPS) is 17.9. The summed E-state index contributed by atoms with van der Waals surface area (Å²) in [6, 6.07) is 27.0. The third-order valence-corrected chi connectivity index (χ3v) is 6.01. The zero-order chi connectivity index (χ0) is 20.2. The Balaban J connectivity index is 1.76. The molecule has 1 amide bonds. The molecule has 0 spiro atoms. The van der Waals surface area contributed by atoms with Crippen molar-refractivity contribution in [1.82, 2.24) is 4.90 Å². The number of carbonyl (C=O) groups excluding carboxylic acids is 1. The number of nitrogens with zero attached hydrogens (tertiary/aromatic N) is 2. The summed E-state index contributed by atoms with van der Waals surface area (Å²) >= 11 is 7.68. The van der Waals surface area contributed by atoms with Crippen LogP contribution < -0.4 is 0 Å². The quantitative estimate of drug-likeness (QED) is 0.441. The van der Waals surface area contributed by atoms with Crippen molar-refractivity contribution in [1.29, 1.82) is 0 Å². The van der Waals surface area contributed by atoms with Crippen LogP contribution in [0.1, 0.15) is 24.1 Å². The fourth-order valence-corrected chi connectivity index (χ4v) is 4.38. The molecule has 3 aromatic carbocycles. The van der Waals surface area contributed by atoms with Gasteiger partial charge in [0.2, 0.25) is 0 Å². The lowest BCUT2D eigenvalue weighted by Crippen LogP contribution is -2.32. The lowest BCUT2D eigenvalue weighted by Gasteiger charge is -2.24. The van der Waals surface area contributed by atoms with Gasteiger partial charge in [0.05, 0.1) is 16.6 Å². The van der Waals surface area contributed by atoms with Gasteiger partial charge >= 0.3 is 0 Å². The largest absolute Gasteiger partial charge is 0.279 e. The second-order valence-corrected chi connectivity index (χ2v) is 8.04. The molecule has 1 saturated heterocycles. The summed E-state index contributed by atoms with van der Waals surface area (Å²) in [5, 5.41) is 1.28. The number of aliphatic imine (C=N–C) groups is 1. The minimum absolute atomic E-state index is 0.0686. The van der Waals surface area contributed by atoms with Crippen molar-refractivity contribution in [2.75, 3.05) is 0 Å². The molecule has 3 aromatic rings. The third kappa shape index (κ3) is 4.29. The predicted molar refractivity (Wildman–Crippen MR) is 122 cm³/mol. The summed E-state index contributed by atoms with van der Waals surface area (Å²) in [5.41, 5.74) is 2.69. The first kappa shape index (κ1) is 19.5. The minimum atomic E-state index is -0.143. The van der Waals surface area contributed by atoms with Crippen molar-refractivity contribution in [3.63, 3.8) is 0 Å². The Kier molecular flexibility index (Phi) is 5.84. The lowest BCUT2D eigenvalue weighted by molar-refractivity contribution is -0.123. The van der Waals surface area contributed by atoms with E-state index in [1.165, 1.54) is 11.8 Å². The summed E-state index contributed by atoms with van der Waals surface area (Å²) < 4.78 is 0. The fourth-order valence-electron chi connectivity index (χ4n) is 3.13. The molecule has 1 atom stereocenters. The molecular weight excluding hydrogens is 400 g/mol. The minimum Gasteiger partial charge on any atom is -0.279 e. The first-order valence-electron chi connectivity index (χ1n) is 9.30. The Bertz CT molecular complexity index is 1080. The van der Waals surface area contributed by atoms with Gasteiger partial charge in [0, 0.05) is 5.02 Å². The molecule has 0 N–H and O–H groups in total. The zero-order valence-corrected chi connectivity index (χ0v) is 17.4. The Morgan fingerprint density at radius 3 is 2.24 bits per heavy atom. The van der Waals surface area contributed by atoms with Crippen LogP contribution in [0.3, 0.4) is 0 Å². The van der Waals surface area contributed by atoms with E-state index in [0.717, 1.165) is 16.8 Å². The van der Waals surface area contributed by atoms with Gasteiger partial charge in [-0.2, -0.15) is 0 Å². The summed E-state index contributed by atoms with van der Waals surface area (Å²) in [4.78, 5) is 20.5. The molecule has 0 bridgehead atoms. The van der Waals surface area contributed by atoms with Gasteiger partial charge in [-0.15, -0.1) is 0 Å². The van der Waals surface area contributed by atoms with Crippen molar-refractivity contribution >= 4 is 46.2 Å². The first-order chi connectivity index (χ1) is 14.1. The molecule has 1 aliphatic rings. The van der Waals surface area contributed by atoms with E-state index in [1.54, 1.807) is 4.90 Å². The van der Waals surface area contributed by atoms with E-state index in [0.29, 0.717) is 15.1 Å². The zero-order valence-electron chi connectivity index (χ0n) is 15.8.